The fourth-order valence-electron chi connectivity index (χ4n) is 2.28. The summed E-state index contributed by atoms with van der Waals surface area (Å²) >= 11 is 12.8. The molecule has 1 saturated heterocycles. The van der Waals surface area contributed by atoms with Crippen molar-refractivity contribution in [2.24, 2.45) is 0 Å². The molecule has 0 radical (unpaired) electrons. The number of hydrogen-bond acceptors (Lipinski definition) is 4. The van der Waals surface area contributed by atoms with Crippen LogP contribution in [0.15, 0.2) is 66.1 Å². The van der Waals surface area contributed by atoms with Gasteiger partial charge >= 0.3 is 0 Å². The molecule has 0 spiro atoms. The molecule has 2 aromatic rings. The number of thiocarbonyl (C=S) groups is 1. The fourth-order valence-corrected chi connectivity index (χ4v) is 3.78. The number of carbonyl (C=O) groups excluding carboxylic acids is 1. The molecule has 0 aliphatic carbocycles. The second-order valence-electron chi connectivity index (χ2n) is 5.14. The van der Waals surface area contributed by atoms with Crippen LogP contribution in [0.2, 0.25) is 5.02 Å². The third-order valence-corrected chi connectivity index (χ3v) is 5.05. The summed E-state index contributed by atoms with van der Waals surface area (Å²) in [5.41, 5.74) is 1.49. The van der Waals surface area contributed by atoms with Crippen LogP contribution in [0.1, 0.15) is 5.56 Å². The fraction of sp³-hybridized carbons (Fsp3) is 0.0526. The van der Waals surface area contributed by atoms with Crippen LogP contribution in [-0.2, 0) is 4.79 Å². The Labute approximate surface area is 160 Å². The lowest BCUT2D eigenvalue weighted by Gasteiger charge is -2.15. The van der Waals surface area contributed by atoms with Crippen molar-refractivity contribution >= 4 is 57.6 Å². The molecule has 0 aromatic heterocycles. The van der Waals surface area contributed by atoms with Gasteiger partial charge in [-0.15, -0.1) is 0 Å². The first kappa shape index (κ1) is 17.7. The summed E-state index contributed by atoms with van der Waals surface area (Å²) in [6.45, 7) is 4.07. The summed E-state index contributed by atoms with van der Waals surface area (Å²) in [5, 5.41) is 0.490. The van der Waals surface area contributed by atoms with Crippen molar-refractivity contribution in [3.8, 4) is 5.75 Å². The van der Waals surface area contributed by atoms with Gasteiger partial charge in [-0.1, -0.05) is 72.5 Å². The number of halogens is 1. The second-order valence-corrected chi connectivity index (χ2v) is 7.22. The van der Waals surface area contributed by atoms with Crippen LogP contribution in [0, 0.1) is 0 Å². The summed E-state index contributed by atoms with van der Waals surface area (Å²) in [6, 6.07) is 14.6. The predicted molar refractivity (Wildman–Crippen MR) is 109 cm³/mol. The number of carbonyl (C=O) groups is 1. The van der Waals surface area contributed by atoms with E-state index in [-0.39, 0.29) is 5.91 Å². The second kappa shape index (κ2) is 7.87. The van der Waals surface area contributed by atoms with Crippen molar-refractivity contribution in [2.75, 3.05) is 11.5 Å². The normalized spacial score (nSPS) is 15.7. The molecule has 0 saturated carbocycles. The van der Waals surface area contributed by atoms with Gasteiger partial charge in [-0.2, -0.15) is 0 Å². The standard InChI is InChI=1S/C19H14ClNO2S2/c1-2-11-23-14-9-7-13(8-10-14)12-17-18(22)21(19(24)25-17)16-6-4-3-5-15(16)20/h2-10,12H,1,11H2. The van der Waals surface area contributed by atoms with Gasteiger partial charge in [0.25, 0.3) is 5.91 Å². The van der Waals surface area contributed by atoms with E-state index in [1.54, 1.807) is 18.2 Å². The molecule has 6 heteroatoms. The number of amides is 1. The van der Waals surface area contributed by atoms with Gasteiger partial charge in [0.15, 0.2) is 4.32 Å². The average molecular weight is 388 g/mol. The molecule has 1 fully saturated rings. The minimum absolute atomic E-state index is 0.171. The Morgan fingerprint density at radius 1 is 1.20 bits per heavy atom. The maximum Gasteiger partial charge on any atom is 0.270 e. The summed E-state index contributed by atoms with van der Waals surface area (Å²) in [5.74, 6) is 0.579. The van der Waals surface area contributed by atoms with Crippen LogP contribution in [-0.4, -0.2) is 16.8 Å². The van der Waals surface area contributed by atoms with Gasteiger partial charge in [0.2, 0.25) is 0 Å². The van der Waals surface area contributed by atoms with Gasteiger partial charge in [-0.3, -0.25) is 9.69 Å². The molecule has 3 nitrogen and oxygen atoms in total. The summed E-state index contributed by atoms with van der Waals surface area (Å²) in [7, 11) is 0. The van der Waals surface area contributed by atoms with E-state index in [9.17, 15) is 4.79 Å². The maximum absolute atomic E-state index is 12.7. The van der Waals surface area contributed by atoms with E-state index in [1.807, 2.05) is 42.5 Å². The van der Waals surface area contributed by atoms with Crippen molar-refractivity contribution < 1.29 is 9.53 Å². The number of hydrogen-bond donors (Lipinski definition) is 0. The molecular formula is C19H14ClNO2S2. The topological polar surface area (TPSA) is 29.5 Å². The Morgan fingerprint density at radius 3 is 2.60 bits per heavy atom. The molecule has 0 unspecified atom stereocenters. The van der Waals surface area contributed by atoms with Crippen LogP contribution in [0.5, 0.6) is 5.75 Å². The Bertz CT molecular complexity index is 862. The van der Waals surface area contributed by atoms with Crippen LogP contribution in [0.3, 0.4) is 0 Å². The van der Waals surface area contributed by atoms with Crippen LogP contribution >= 0.6 is 35.6 Å². The number of benzene rings is 2. The number of para-hydroxylation sites is 1. The monoisotopic (exact) mass is 387 g/mol. The maximum atomic E-state index is 12.7. The molecular weight excluding hydrogens is 374 g/mol. The highest BCUT2D eigenvalue weighted by atomic mass is 35.5. The number of nitrogens with zero attached hydrogens (tertiary/aromatic N) is 1. The molecule has 0 bridgehead atoms. The lowest BCUT2D eigenvalue weighted by molar-refractivity contribution is -0.113. The van der Waals surface area contributed by atoms with E-state index < -0.39 is 0 Å². The third-order valence-electron chi connectivity index (χ3n) is 3.43. The van der Waals surface area contributed by atoms with Crippen molar-refractivity contribution in [1.29, 1.82) is 0 Å². The van der Waals surface area contributed by atoms with Crippen molar-refractivity contribution in [3.63, 3.8) is 0 Å². The summed E-state index contributed by atoms with van der Waals surface area (Å²) < 4.78 is 5.92. The van der Waals surface area contributed by atoms with Gasteiger partial charge in [-0.25, -0.2) is 0 Å². The van der Waals surface area contributed by atoms with E-state index in [0.29, 0.717) is 26.5 Å². The highest BCUT2D eigenvalue weighted by molar-refractivity contribution is 8.27. The molecule has 1 aliphatic heterocycles. The first-order valence-electron chi connectivity index (χ1n) is 7.46. The number of ether oxygens (including phenoxy) is 1. The average Bonchev–Trinajstić information content (AvgIpc) is 2.89. The zero-order valence-corrected chi connectivity index (χ0v) is 15.5. The highest BCUT2D eigenvalue weighted by Crippen LogP contribution is 2.38. The lowest BCUT2D eigenvalue weighted by atomic mass is 10.2. The van der Waals surface area contributed by atoms with Gasteiger partial charge in [0.1, 0.15) is 12.4 Å². The number of rotatable bonds is 5. The zero-order valence-electron chi connectivity index (χ0n) is 13.1. The Balaban J connectivity index is 1.83. The van der Waals surface area contributed by atoms with Crippen molar-refractivity contribution in [3.05, 3.63) is 76.7 Å². The number of thioether (sulfide) groups is 1. The van der Waals surface area contributed by atoms with Crippen LogP contribution in [0.25, 0.3) is 6.08 Å². The zero-order chi connectivity index (χ0) is 17.8. The van der Waals surface area contributed by atoms with E-state index in [2.05, 4.69) is 6.58 Å². The smallest absolute Gasteiger partial charge is 0.270 e. The van der Waals surface area contributed by atoms with E-state index >= 15 is 0 Å². The molecule has 0 atom stereocenters. The Hall–Kier alpha value is -2.08. The van der Waals surface area contributed by atoms with E-state index in [4.69, 9.17) is 28.6 Å². The van der Waals surface area contributed by atoms with Crippen LogP contribution in [0.4, 0.5) is 5.69 Å². The molecule has 3 rings (SSSR count). The SMILES string of the molecule is C=CCOc1ccc(C=C2SC(=S)N(c3ccccc3Cl)C2=O)cc1. The van der Waals surface area contributed by atoms with Gasteiger partial charge in [-0.05, 0) is 35.9 Å². The molecule has 126 valence electrons. The quantitative estimate of drug-likeness (QED) is 0.395. The Morgan fingerprint density at radius 2 is 1.92 bits per heavy atom. The van der Waals surface area contributed by atoms with Crippen molar-refractivity contribution in [1.82, 2.24) is 0 Å². The van der Waals surface area contributed by atoms with E-state index in [1.165, 1.54) is 16.7 Å². The molecule has 2 aromatic carbocycles. The first-order valence-corrected chi connectivity index (χ1v) is 9.06. The minimum Gasteiger partial charge on any atom is -0.490 e. The summed E-state index contributed by atoms with van der Waals surface area (Å²) in [6.07, 6.45) is 3.50. The number of anilines is 1. The molecule has 25 heavy (non-hydrogen) atoms. The van der Waals surface area contributed by atoms with Gasteiger partial charge in [0.05, 0.1) is 15.6 Å². The minimum atomic E-state index is -0.171. The Kier molecular flexibility index (Phi) is 5.58. The summed E-state index contributed by atoms with van der Waals surface area (Å²) in [4.78, 5) is 14.8. The molecule has 1 aliphatic rings. The van der Waals surface area contributed by atoms with E-state index in [0.717, 1.165) is 11.3 Å². The first-order chi connectivity index (χ1) is 12.1. The van der Waals surface area contributed by atoms with Crippen molar-refractivity contribution in [2.45, 2.75) is 0 Å². The predicted octanol–water partition coefficient (Wildman–Crippen LogP) is 5.31. The lowest BCUT2D eigenvalue weighted by Crippen LogP contribution is -2.27. The van der Waals surface area contributed by atoms with Gasteiger partial charge < -0.3 is 4.74 Å². The highest BCUT2D eigenvalue weighted by Gasteiger charge is 2.34. The molecule has 0 N–H and O–H groups in total. The van der Waals surface area contributed by atoms with Gasteiger partial charge in [0, 0.05) is 0 Å². The molecule has 1 heterocycles. The largest absolute Gasteiger partial charge is 0.490 e. The van der Waals surface area contributed by atoms with Crippen LogP contribution < -0.4 is 9.64 Å². The third kappa shape index (κ3) is 3.95. The molecule has 1 amide bonds.